The molecule has 1 aliphatic rings. The van der Waals surface area contributed by atoms with Crippen LogP contribution in [0.15, 0.2) is 12.7 Å². The van der Waals surface area contributed by atoms with Gasteiger partial charge >= 0.3 is 0 Å². The van der Waals surface area contributed by atoms with Gasteiger partial charge in [0.1, 0.15) is 11.8 Å². The quantitative estimate of drug-likeness (QED) is 0.879. The minimum absolute atomic E-state index is 0.605. The van der Waals surface area contributed by atoms with E-state index in [1.54, 1.807) is 6.33 Å². The highest BCUT2D eigenvalue weighted by Gasteiger charge is 2.26. The maximum Gasteiger partial charge on any atom is 0.165 e. The van der Waals surface area contributed by atoms with Crippen LogP contribution in [0.25, 0.3) is 11.2 Å². The van der Waals surface area contributed by atoms with Gasteiger partial charge in [-0.3, -0.25) is 0 Å². The average Bonchev–Trinajstić information content (AvgIpc) is 3.09. The Balaban J connectivity index is 1.83. The number of nitrogens with zero attached hydrogens (tertiary/aromatic N) is 4. The fraction of sp³-hybridized carbons (Fsp3) is 0.615. The highest BCUT2D eigenvalue weighted by Crippen LogP contribution is 2.37. The third-order valence-electron chi connectivity index (χ3n) is 3.31. The fourth-order valence-electron chi connectivity index (χ4n) is 2.08. The molecule has 0 saturated heterocycles. The summed E-state index contributed by atoms with van der Waals surface area (Å²) < 4.78 is 2.17. The van der Waals surface area contributed by atoms with Gasteiger partial charge < -0.3 is 9.88 Å². The zero-order chi connectivity index (χ0) is 12.5. The third-order valence-corrected chi connectivity index (χ3v) is 3.31. The van der Waals surface area contributed by atoms with Crippen molar-refractivity contribution in [1.82, 2.24) is 19.5 Å². The van der Waals surface area contributed by atoms with Crippen LogP contribution in [0.5, 0.6) is 0 Å². The summed E-state index contributed by atoms with van der Waals surface area (Å²) in [6.45, 7) is 5.37. The molecule has 3 rings (SSSR count). The maximum absolute atomic E-state index is 4.45. The first-order valence-electron chi connectivity index (χ1n) is 6.67. The van der Waals surface area contributed by atoms with Crippen molar-refractivity contribution in [3.05, 3.63) is 12.7 Å². The van der Waals surface area contributed by atoms with Gasteiger partial charge in [0.25, 0.3) is 0 Å². The van der Waals surface area contributed by atoms with Crippen LogP contribution in [0.2, 0.25) is 0 Å². The third kappa shape index (κ3) is 2.17. The van der Waals surface area contributed by atoms with E-state index in [-0.39, 0.29) is 0 Å². The number of imidazole rings is 1. The number of hydrogen-bond acceptors (Lipinski definition) is 4. The topological polar surface area (TPSA) is 55.6 Å². The summed E-state index contributed by atoms with van der Waals surface area (Å²) in [5.41, 5.74) is 1.85. The van der Waals surface area contributed by atoms with Gasteiger partial charge in [0, 0.05) is 12.6 Å². The Labute approximate surface area is 107 Å². The molecule has 0 aromatic carbocycles. The van der Waals surface area contributed by atoms with Crippen LogP contribution in [-0.2, 0) is 0 Å². The molecule has 2 aromatic heterocycles. The van der Waals surface area contributed by atoms with Crippen molar-refractivity contribution in [3.8, 4) is 0 Å². The lowest BCUT2D eigenvalue weighted by Crippen LogP contribution is -2.07. The molecule has 5 nitrogen and oxygen atoms in total. The van der Waals surface area contributed by atoms with E-state index in [0.29, 0.717) is 12.0 Å². The molecule has 96 valence electrons. The molecule has 0 bridgehead atoms. The lowest BCUT2D eigenvalue weighted by molar-refractivity contribution is 0.607. The molecule has 0 aliphatic heterocycles. The second-order valence-corrected chi connectivity index (χ2v) is 5.39. The molecule has 2 aromatic rings. The Bertz CT molecular complexity index is 541. The summed E-state index contributed by atoms with van der Waals surface area (Å²) in [7, 11) is 0. The van der Waals surface area contributed by atoms with E-state index < -0.39 is 0 Å². The minimum Gasteiger partial charge on any atom is -0.368 e. The number of rotatable bonds is 5. The van der Waals surface area contributed by atoms with Crippen LogP contribution in [0, 0.1) is 5.92 Å². The maximum atomic E-state index is 4.45. The van der Waals surface area contributed by atoms with Crippen molar-refractivity contribution in [2.75, 3.05) is 11.9 Å². The smallest absolute Gasteiger partial charge is 0.165 e. The predicted molar refractivity (Wildman–Crippen MR) is 71.5 cm³/mol. The molecule has 1 saturated carbocycles. The number of aromatic nitrogens is 4. The van der Waals surface area contributed by atoms with E-state index in [9.17, 15) is 0 Å². The molecule has 1 N–H and O–H groups in total. The van der Waals surface area contributed by atoms with Crippen LogP contribution in [0.1, 0.15) is 39.2 Å². The van der Waals surface area contributed by atoms with E-state index in [4.69, 9.17) is 0 Å². The molecule has 2 heterocycles. The highest BCUT2D eigenvalue weighted by molar-refractivity contribution is 5.82. The van der Waals surface area contributed by atoms with Crippen molar-refractivity contribution in [2.45, 2.75) is 39.2 Å². The van der Waals surface area contributed by atoms with Gasteiger partial charge in [-0.05, 0) is 25.2 Å². The Kier molecular flexibility index (Phi) is 2.89. The first-order chi connectivity index (χ1) is 8.75. The summed E-state index contributed by atoms with van der Waals surface area (Å²) in [6.07, 6.45) is 7.14. The van der Waals surface area contributed by atoms with Crippen molar-refractivity contribution < 1.29 is 0 Å². The Morgan fingerprint density at radius 2 is 2.17 bits per heavy atom. The Hall–Kier alpha value is -1.65. The second-order valence-electron chi connectivity index (χ2n) is 5.39. The molecule has 1 fully saturated rings. The molecular weight excluding hydrogens is 226 g/mol. The number of nitrogens with one attached hydrogen (secondary N) is 1. The van der Waals surface area contributed by atoms with Crippen LogP contribution in [0.4, 0.5) is 5.82 Å². The molecular formula is C13H19N5. The molecule has 0 spiro atoms. The standard InChI is InChI=1S/C13H19N5/c1-9(2)5-6-14-12-11-13(16-7-15-12)18(8-17-11)10-3-4-10/h7-10H,3-6H2,1-2H3,(H,14,15,16). The second kappa shape index (κ2) is 4.55. The van der Waals surface area contributed by atoms with Crippen LogP contribution in [0.3, 0.4) is 0 Å². The Morgan fingerprint density at radius 3 is 2.89 bits per heavy atom. The number of hydrogen-bond donors (Lipinski definition) is 1. The molecule has 5 heteroatoms. The zero-order valence-corrected chi connectivity index (χ0v) is 10.9. The first-order valence-corrected chi connectivity index (χ1v) is 6.67. The van der Waals surface area contributed by atoms with Crippen molar-refractivity contribution in [3.63, 3.8) is 0 Å². The van der Waals surface area contributed by atoms with E-state index in [0.717, 1.165) is 29.9 Å². The summed E-state index contributed by atoms with van der Waals surface area (Å²) in [4.78, 5) is 13.1. The van der Waals surface area contributed by atoms with Crippen molar-refractivity contribution in [2.24, 2.45) is 5.92 Å². The number of fused-ring (bicyclic) bond motifs is 1. The lowest BCUT2D eigenvalue weighted by atomic mass is 10.1. The van der Waals surface area contributed by atoms with E-state index in [2.05, 4.69) is 38.7 Å². The molecule has 1 aliphatic carbocycles. The fourth-order valence-corrected chi connectivity index (χ4v) is 2.08. The van der Waals surface area contributed by atoms with Crippen LogP contribution >= 0.6 is 0 Å². The van der Waals surface area contributed by atoms with Crippen LogP contribution < -0.4 is 5.32 Å². The highest BCUT2D eigenvalue weighted by atomic mass is 15.2. The van der Waals surface area contributed by atoms with E-state index in [1.807, 2.05) is 6.33 Å². The van der Waals surface area contributed by atoms with Crippen molar-refractivity contribution in [1.29, 1.82) is 0 Å². The molecule has 0 unspecified atom stereocenters. The summed E-state index contributed by atoms with van der Waals surface area (Å²) in [5, 5.41) is 3.36. The minimum atomic E-state index is 0.605. The molecule has 0 atom stereocenters. The summed E-state index contributed by atoms with van der Waals surface area (Å²) in [6, 6.07) is 0.605. The zero-order valence-electron chi connectivity index (χ0n) is 10.9. The van der Waals surface area contributed by atoms with Crippen molar-refractivity contribution >= 4 is 17.0 Å². The Morgan fingerprint density at radius 1 is 1.33 bits per heavy atom. The van der Waals surface area contributed by atoms with E-state index in [1.165, 1.54) is 12.8 Å². The monoisotopic (exact) mass is 245 g/mol. The summed E-state index contributed by atoms with van der Waals surface area (Å²) in [5.74, 6) is 1.55. The first kappa shape index (κ1) is 11.4. The van der Waals surface area contributed by atoms with Gasteiger partial charge in [0.2, 0.25) is 0 Å². The van der Waals surface area contributed by atoms with Gasteiger partial charge in [-0.1, -0.05) is 13.8 Å². The van der Waals surface area contributed by atoms with E-state index >= 15 is 0 Å². The predicted octanol–water partition coefficient (Wildman–Crippen LogP) is 2.62. The SMILES string of the molecule is CC(C)CCNc1ncnc2c1ncn2C1CC1. The van der Waals surface area contributed by atoms with Crippen LogP contribution in [-0.4, -0.2) is 26.1 Å². The largest absolute Gasteiger partial charge is 0.368 e. The lowest BCUT2D eigenvalue weighted by Gasteiger charge is -2.07. The normalized spacial score (nSPS) is 15.5. The van der Waals surface area contributed by atoms with Gasteiger partial charge in [0.05, 0.1) is 6.33 Å². The summed E-state index contributed by atoms with van der Waals surface area (Å²) >= 11 is 0. The molecule has 0 radical (unpaired) electrons. The van der Waals surface area contributed by atoms with Gasteiger partial charge in [0.15, 0.2) is 11.5 Å². The number of anilines is 1. The average molecular weight is 245 g/mol. The molecule has 0 amide bonds. The van der Waals surface area contributed by atoms with Gasteiger partial charge in [-0.25, -0.2) is 15.0 Å². The van der Waals surface area contributed by atoms with Gasteiger partial charge in [-0.15, -0.1) is 0 Å². The van der Waals surface area contributed by atoms with Gasteiger partial charge in [-0.2, -0.15) is 0 Å². The molecule has 18 heavy (non-hydrogen) atoms.